The lowest BCUT2D eigenvalue weighted by molar-refractivity contribution is 0.234. The molecule has 0 aliphatic rings. The van der Waals surface area contributed by atoms with E-state index in [4.69, 9.17) is 4.74 Å². The van der Waals surface area contributed by atoms with Crippen LogP contribution < -0.4 is 10.1 Å². The zero-order chi connectivity index (χ0) is 15.1. The lowest BCUT2D eigenvalue weighted by atomic mass is 10.0. The van der Waals surface area contributed by atoms with Gasteiger partial charge in [-0.1, -0.05) is 48.5 Å². The molecule has 0 bridgehead atoms. The Balaban J connectivity index is 2.15. The number of aliphatic hydroxyl groups excluding tert-OH is 1. The fourth-order valence-corrected chi connectivity index (χ4v) is 2.46. The highest BCUT2D eigenvalue weighted by Gasteiger charge is 2.16. The van der Waals surface area contributed by atoms with Crippen LogP contribution in [0.2, 0.25) is 0 Å². The largest absolute Gasteiger partial charge is 0.494 e. The normalized spacial score (nSPS) is 13.7. The highest BCUT2D eigenvalue weighted by atomic mass is 16.5. The third-order valence-electron chi connectivity index (χ3n) is 3.52. The van der Waals surface area contributed by atoms with Gasteiger partial charge in [0.05, 0.1) is 19.3 Å². The smallest absolute Gasteiger partial charge is 0.124 e. The molecule has 2 aromatic rings. The molecule has 2 unspecified atom stereocenters. The second-order valence-corrected chi connectivity index (χ2v) is 5.01. The molecule has 0 fully saturated rings. The van der Waals surface area contributed by atoms with Gasteiger partial charge in [0.25, 0.3) is 0 Å². The zero-order valence-corrected chi connectivity index (χ0v) is 12.6. The average molecular weight is 285 g/mol. The van der Waals surface area contributed by atoms with Gasteiger partial charge in [-0.25, -0.2) is 0 Å². The molecule has 0 saturated carbocycles. The first-order valence-electron chi connectivity index (χ1n) is 7.39. The zero-order valence-electron chi connectivity index (χ0n) is 12.6. The molecule has 0 heterocycles. The van der Waals surface area contributed by atoms with Crippen LogP contribution in [0, 0.1) is 0 Å². The van der Waals surface area contributed by atoms with Gasteiger partial charge in [0.2, 0.25) is 0 Å². The Morgan fingerprint density at radius 3 is 2.38 bits per heavy atom. The average Bonchev–Trinajstić information content (AvgIpc) is 2.54. The standard InChI is InChI=1S/C18H23NO2/c1-3-21-18-12-8-7-11-16(18)14(2)19-17(13-20)15-9-5-4-6-10-15/h4-12,14,17,19-20H,3,13H2,1-2H3. The summed E-state index contributed by atoms with van der Waals surface area (Å²) in [6.07, 6.45) is 0. The molecule has 0 amide bonds. The van der Waals surface area contributed by atoms with Gasteiger partial charge in [-0.3, -0.25) is 0 Å². The Morgan fingerprint density at radius 1 is 1.05 bits per heavy atom. The molecule has 0 aromatic heterocycles. The van der Waals surface area contributed by atoms with E-state index in [-0.39, 0.29) is 18.7 Å². The van der Waals surface area contributed by atoms with Crippen LogP contribution in [0.25, 0.3) is 0 Å². The fourth-order valence-electron chi connectivity index (χ4n) is 2.46. The van der Waals surface area contributed by atoms with Crippen molar-refractivity contribution in [2.45, 2.75) is 25.9 Å². The van der Waals surface area contributed by atoms with E-state index in [9.17, 15) is 5.11 Å². The van der Waals surface area contributed by atoms with Crippen LogP contribution in [0.4, 0.5) is 0 Å². The summed E-state index contributed by atoms with van der Waals surface area (Å²) in [5.41, 5.74) is 2.19. The molecule has 0 spiro atoms. The fraction of sp³-hybridized carbons (Fsp3) is 0.333. The summed E-state index contributed by atoms with van der Waals surface area (Å²) >= 11 is 0. The predicted octanol–water partition coefficient (Wildman–Crippen LogP) is 3.47. The second-order valence-electron chi connectivity index (χ2n) is 5.01. The third-order valence-corrected chi connectivity index (χ3v) is 3.52. The van der Waals surface area contributed by atoms with E-state index >= 15 is 0 Å². The number of para-hydroxylation sites is 1. The molecule has 112 valence electrons. The minimum Gasteiger partial charge on any atom is -0.494 e. The summed E-state index contributed by atoms with van der Waals surface area (Å²) in [5.74, 6) is 0.893. The van der Waals surface area contributed by atoms with E-state index in [0.717, 1.165) is 16.9 Å². The van der Waals surface area contributed by atoms with E-state index in [2.05, 4.69) is 18.3 Å². The lowest BCUT2D eigenvalue weighted by Crippen LogP contribution is -2.27. The minimum absolute atomic E-state index is 0.0607. The molecule has 0 saturated heterocycles. The number of hydrogen-bond donors (Lipinski definition) is 2. The highest BCUT2D eigenvalue weighted by Crippen LogP contribution is 2.27. The molecule has 2 rings (SSSR count). The van der Waals surface area contributed by atoms with Gasteiger partial charge in [-0.05, 0) is 25.5 Å². The van der Waals surface area contributed by atoms with E-state index in [1.54, 1.807) is 0 Å². The molecule has 0 aliphatic carbocycles. The van der Waals surface area contributed by atoms with Gasteiger partial charge in [0.1, 0.15) is 5.75 Å². The van der Waals surface area contributed by atoms with Crippen molar-refractivity contribution in [3.05, 3.63) is 65.7 Å². The second kappa shape index (κ2) is 7.81. The maximum Gasteiger partial charge on any atom is 0.124 e. The summed E-state index contributed by atoms with van der Waals surface area (Å²) in [6, 6.07) is 18.0. The molecule has 3 nitrogen and oxygen atoms in total. The monoisotopic (exact) mass is 285 g/mol. The summed E-state index contributed by atoms with van der Waals surface area (Å²) in [7, 11) is 0. The minimum atomic E-state index is -0.0871. The van der Waals surface area contributed by atoms with Crippen LogP contribution in [0.5, 0.6) is 5.75 Å². The van der Waals surface area contributed by atoms with Crippen molar-refractivity contribution in [1.82, 2.24) is 5.32 Å². The van der Waals surface area contributed by atoms with Gasteiger partial charge in [-0.2, -0.15) is 0 Å². The first kappa shape index (κ1) is 15.5. The van der Waals surface area contributed by atoms with E-state index in [0.29, 0.717) is 6.61 Å². The van der Waals surface area contributed by atoms with E-state index < -0.39 is 0 Å². The molecule has 2 N–H and O–H groups in total. The van der Waals surface area contributed by atoms with Crippen molar-refractivity contribution in [3.8, 4) is 5.75 Å². The Kier molecular flexibility index (Phi) is 5.78. The van der Waals surface area contributed by atoms with Gasteiger partial charge >= 0.3 is 0 Å². The van der Waals surface area contributed by atoms with Crippen molar-refractivity contribution in [2.24, 2.45) is 0 Å². The third kappa shape index (κ3) is 4.06. The van der Waals surface area contributed by atoms with Crippen molar-refractivity contribution < 1.29 is 9.84 Å². The number of rotatable bonds is 7. The number of ether oxygens (including phenoxy) is 1. The van der Waals surface area contributed by atoms with Crippen LogP contribution in [0.1, 0.15) is 37.1 Å². The predicted molar refractivity (Wildman–Crippen MR) is 85.4 cm³/mol. The summed E-state index contributed by atoms with van der Waals surface area (Å²) in [6.45, 7) is 4.77. The molecular weight excluding hydrogens is 262 g/mol. The summed E-state index contributed by atoms with van der Waals surface area (Å²) < 4.78 is 5.68. The Hall–Kier alpha value is -1.84. The van der Waals surface area contributed by atoms with Crippen molar-refractivity contribution in [1.29, 1.82) is 0 Å². The summed E-state index contributed by atoms with van der Waals surface area (Å²) in [5, 5.41) is 13.1. The van der Waals surface area contributed by atoms with Gasteiger partial charge in [0, 0.05) is 11.6 Å². The Bertz CT molecular complexity index is 542. The molecule has 21 heavy (non-hydrogen) atoms. The molecule has 2 aromatic carbocycles. The SMILES string of the molecule is CCOc1ccccc1C(C)NC(CO)c1ccccc1. The first-order chi connectivity index (χ1) is 10.3. The molecular formula is C18H23NO2. The van der Waals surface area contributed by atoms with E-state index in [1.165, 1.54) is 0 Å². The number of benzene rings is 2. The number of hydrogen-bond acceptors (Lipinski definition) is 3. The maximum atomic E-state index is 9.65. The quantitative estimate of drug-likeness (QED) is 0.818. The van der Waals surface area contributed by atoms with Crippen LogP contribution in [-0.2, 0) is 0 Å². The molecule has 2 atom stereocenters. The maximum absolute atomic E-state index is 9.65. The van der Waals surface area contributed by atoms with Gasteiger partial charge in [-0.15, -0.1) is 0 Å². The lowest BCUT2D eigenvalue weighted by Gasteiger charge is -2.24. The molecule has 0 aliphatic heterocycles. The van der Waals surface area contributed by atoms with Crippen LogP contribution in [0.15, 0.2) is 54.6 Å². The topological polar surface area (TPSA) is 41.5 Å². The number of aliphatic hydroxyl groups is 1. The Morgan fingerprint density at radius 2 is 1.71 bits per heavy atom. The van der Waals surface area contributed by atoms with Crippen LogP contribution in [0.3, 0.4) is 0 Å². The summed E-state index contributed by atoms with van der Waals surface area (Å²) in [4.78, 5) is 0. The highest BCUT2D eigenvalue weighted by molar-refractivity contribution is 5.36. The number of nitrogens with one attached hydrogen (secondary N) is 1. The van der Waals surface area contributed by atoms with Crippen molar-refractivity contribution >= 4 is 0 Å². The molecule has 3 heteroatoms. The van der Waals surface area contributed by atoms with Gasteiger partial charge in [0.15, 0.2) is 0 Å². The Labute approximate surface area is 126 Å². The van der Waals surface area contributed by atoms with Crippen LogP contribution in [-0.4, -0.2) is 18.3 Å². The van der Waals surface area contributed by atoms with Crippen molar-refractivity contribution in [3.63, 3.8) is 0 Å². The van der Waals surface area contributed by atoms with Gasteiger partial charge < -0.3 is 15.2 Å². The van der Waals surface area contributed by atoms with E-state index in [1.807, 2.05) is 55.5 Å². The first-order valence-corrected chi connectivity index (χ1v) is 7.39. The van der Waals surface area contributed by atoms with Crippen molar-refractivity contribution in [2.75, 3.05) is 13.2 Å². The molecule has 0 radical (unpaired) electrons. The van der Waals surface area contributed by atoms with Crippen LogP contribution >= 0.6 is 0 Å².